The lowest BCUT2D eigenvalue weighted by atomic mass is 9.77. The summed E-state index contributed by atoms with van der Waals surface area (Å²) in [6.07, 6.45) is 3.23. The van der Waals surface area contributed by atoms with Crippen molar-refractivity contribution in [3.63, 3.8) is 0 Å². The molecule has 0 radical (unpaired) electrons. The first kappa shape index (κ1) is 15.0. The van der Waals surface area contributed by atoms with Gasteiger partial charge in [-0.1, -0.05) is 0 Å². The predicted octanol–water partition coefficient (Wildman–Crippen LogP) is 0.616. The van der Waals surface area contributed by atoms with Crippen molar-refractivity contribution in [2.45, 2.75) is 38.3 Å². The molecule has 1 spiro atoms. The summed E-state index contributed by atoms with van der Waals surface area (Å²) < 4.78 is 0. The number of piperidine rings is 1. The average molecular weight is 306 g/mol. The number of rotatable bonds is 3. The number of aromatic nitrogens is 2. The fourth-order valence-electron chi connectivity index (χ4n) is 3.84. The Balaban J connectivity index is 1.71. The SMILES string of the molecule is Cc1[nH]cnc1CN1CCC2(CC1)[C@H](C(=O)O)CC(=O)N2C. The highest BCUT2D eigenvalue weighted by Gasteiger charge is 2.55. The molecular formula is C15H22N4O3. The Morgan fingerprint density at radius 2 is 2.18 bits per heavy atom. The molecule has 3 rings (SSSR count). The first-order valence-electron chi connectivity index (χ1n) is 7.65. The quantitative estimate of drug-likeness (QED) is 0.854. The summed E-state index contributed by atoms with van der Waals surface area (Å²) in [5, 5.41) is 9.47. The normalized spacial score (nSPS) is 25.1. The van der Waals surface area contributed by atoms with Gasteiger partial charge in [0.15, 0.2) is 0 Å². The van der Waals surface area contributed by atoms with Crippen LogP contribution in [-0.4, -0.2) is 62.4 Å². The van der Waals surface area contributed by atoms with Crippen LogP contribution in [0.25, 0.3) is 0 Å². The number of carboxylic acid groups (broad SMARTS) is 1. The molecule has 22 heavy (non-hydrogen) atoms. The van der Waals surface area contributed by atoms with Gasteiger partial charge in [-0.05, 0) is 19.8 Å². The Morgan fingerprint density at radius 1 is 1.50 bits per heavy atom. The third-order valence-electron chi connectivity index (χ3n) is 5.40. The summed E-state index contributed by atoms with van der Waals surface area (Å²) in [5.41, 5.74) is 1.58. The number of H-pyrrole nitrogens is 1. The summed E-state index contributed by atoms with van der Waals surface area (Å²) in [6.45, 7) is 4.33. The molecule has 2 N–H and O–H groups in total. The van der Waals surface area contributed by atoms with Gasteiger partial charge in [0.25, 0.3) is 0 Å². The van der Waals surface area contributed by atoms with Crippen molar-refractivity contribution in [3.05, 3.63) is 17.7 Å². The summed E-state index contributed by atoms with van der Waals surface area (Å²) in [4.78, 5) is 34.9. The highest BCUT2D eigenvalue weighted by molar-refractivity contribution is 5.88. The molecule has 0 saturated carbocycles. The van der Waals surface area contributed by atoms with E-state index < -0.39 is 17.4 Å². The minimum Gasteiger partial charge on any atom is -0.481 e. The summed E-state index contributed by atoms with van der Waals surface area (Å²) in [6, 6.07) is 0. The Bertz CT molecular complexity index is 589. The Hall–Kier alpha value is -1.89. The van der Waals surface area contributed by atoms with E-state index in [0.717, 1.165) is 31.0 Å². The maximum Gasteiger partial charge on any atom is 0.309 e. The van der Waals surface area contributed by atoms with E-state index in [2.05, 4.69) is 14.9 Å². The van der Waals surface area contributed by atoms with Gasteiger partial charge in [0.2, 0.25) is 5.91 Å². The number of hydrogen-bond donors (Lipinski definition) is 2. The molecule has 2 aliphatic rings. The van der Waals surface area contributed by atoms with Gasteiger partial charge in [-0.3, -0.25) is 14.5 Å². The summed E-state index contributed by atoms with van der Waals surface area (Å²) in [7, 11) is 1.75. The van der Waals surface area contributed by atoms with Crippen LogP contribution in [0.5, 0.6) is 0 Å². The van der Waals surface area contributed by atoms with Crippen LogP contribution in [0.2, 0.25) is 0 Å². The van der Waals surface area contributed by atoms with Gasteiger partial charge in [-0.2, -0.15) is 0 Å². The van der Waals surface area contributed by atoms with Crippen LogP contribution in [0.3, 0.4) is 0 Å². The molecule has 0 bridgehead atoms. The van der Waals surface area contributed by atoms with E-state index in [1.807, 2.05) is 6.92 Å². The van der Waals surface area contributed by atoms with Gasteiger partial charge in [-0.25, -0.2) is 4.98 Å². The minimum absolute atomic E-state index is 0.0519. The number of nitrogens with one attached hydrogen (secondary N) is 1. The molecule has 1 amide bonds. The van der Waals surface area contributed by atoms with Crippen molar-refractivity contribution in [3.8, 4) is 0 Å². The molecule has 0 aliphatic carbocycles. The van der Waals surface area contributed by atoms with E-state index in [-0.39, 0.29) is 12.3 Å². The highest BCUT2D eigenvalue weighted by atomic mass is 16.4. The standard InChI is InChI=1S/C15H22N4O3/c1-10-12(17-9-16-10)8-19-5-3-15(4-6-19)11(14(21)22)7-13(20)18(15)2/h9,11H,3-8H2,1-2H3,(H,16,17)(H,21,22)/t11-/m0/s1. The molecule has 0 unspecified atom stereocenters. The van der Waals surface area contributed by atoms with Gasteiger partial charge in [0.05, 0.1) is 23.5 Å². The Morgan fingerprint density at radius 3 is 2.73 bits per heavy atom. The topological polar surface area (TPSA) is 89.5 Å². The molecule has 3 heterocycles. The minimum atomic E-state index is -0.853. The highest BCUT2D eigenvalue weighted by Crippen LogP contribution is 2.42. The molecule has 7 nitrogen and oxygen atoms in total. The molecule has 120 valence electrons. The number of carbonyl (C=O) groups excluding carboxylic acids is 1. The predicted molar refractivity (Wildman–Crippen MR) is 79.1 cm³/mol. The van der Waals surface area contributed by atoms with Gasteiger partial charge >= 0.3 is 5.97 Å². The van der Waals surface area contributed by atoms with E-state index in [1.54, 1.807) is 18.3 Å². The van der Waals surface area contributed by atoms with Crippen molar-refractivity contribution in [2.75, 3.05) is 20.1 Å². The number of imidazole rings is 1. The zero-order chi connectivity index (χ0) is 15.9. The molecule has 2 aliphatic heterocycles. The van der Waals surface area contributed by atoms with Crippen molar-refractivity contribution in [1.82, 2.24) is 19.8 Å². The third kappa shape index (κ3) is 2.29. The van der Waals surface area contributed by atoms with Crippen LogP contribution in [0, 0.1) is 12.8 Å². The zero-order valence-electron chi connectivity index (χ0n) is 13.0. The Kier molecular flexibility index (Phi) is 3.68. The lowest BCUT2D eigenvalue weighted by molar-refractivity contribution is -0.146. The summed E-state index contributed by atoms with van der Waals surface area (Å²) >= 11 is 0. The van der Waals surface area contributed by atoms with Gasteiger partial charge < -0.3 is 15.0 Å². The number of amides is 1. The second kappa shape index (κ2) is 5.39. The van der Waals surface area contributed by atoms with Crippen molar-refractivity contribution in [2.24, 2.45) is 5.92 Å². The van der Waals surface area contributed by atoms with E-state index in [1.165, 1.54) is 0 Å². The number of aliphatic carboxylic acids is 1. The van der Waals surface area contributed by atoms with Crippen LogP contribution in [0.1, 0.15) is 30.7 Å². The van der Waals surface area contributed by atoms with Gasteiger partial charge in [0.1, 0.15) is 0 Å². The van der Waals surface area contributed by atoms with Crippen LogP contribution in [-0.2, 0) is 16.1 Å². The fraction of sp³-hybridized carbons (Fsp3) is 0.667. The number of likely N-dealkylation sites (tertiary alicyclic amines) is 2. The second-order valence-electron chi connectivity index (χ2n) is 6.40. The number of carboxylic acids is 1. The number of aryl methyl sites for hydroxylation is 1. The van der Waals surface area contributed by atoms with Crippen LogP contribution >= 0.6 is 0 Å². The maximum absolute atomic E-state index is 12.0. The van der Waals surface area contributed by atoms with Crippen LogP contribution in [0.4, 0.5) is 0 Å². The van der Waals surface area contributed by atoms with Crippen molar-refractivity contribution >= 4 is 11.9 Å². The van der Waals surface area contributed by atoms with Gasteiger partial charge in [0, 0.05) is 38.8 Å². The molecule has 2 saturated heterocycles. The van der Waals surface area contributed by atoms with Crippen LogP contribution in [0.15, 0.2) is 6.33 Å². The van der Waals surface area contributed by atoms with Crippen molar-refractivity contribution in [1.29, 1.82) is 0 Å². The molecular weight excluding hydrogens is 284 g/mol. The average Bonchev–Trinajstić information content (AvgIpc) is 2.99. The number of carbonyl (C=O) groups is 2. The second-order valence-corrected chi connectivity index (χ2v) is 6.40. The van der Waals surface area contributed by atoms with E-state index >= 15 is 0 Å². The molecule has 7 heteroatoms. The van der Waals surface area contributed by atoms with Gasteiger partial charge in [-0.15, -0.1) is 0 Å². The lowest BCUT2D eigenvalue weighted by Gasteiger charge is -2.45. The monoisotopic (exact) mass is 306 g/mol. The van der Waals surface area contributed by atoms with Crippen molar-refractivity contribution < 1.29 is 14.7 Å². The van der Waals surface area contributed by atoms with E-state index in [9.17, 15) is 14.7 Å². The van der Waals surface area contributed by atoms with E-state index in [4.69, 9.17) is 0 Å². The maximum atomic E-state index is 12.0. The van der Waals surface area contributed by atoms with Crippen LogP contribution < -0.4 is 0 Å². The largest absolute Gasteiger partial charge is 0.481 e. The molecule has 0 aromatic carbocycles. The molecule has 2 fully saturated rings. The number of aromatic amines is 1. The number of hydrogen-bond acceptors (Lipinski definition) is 4. The smallest absolute Gasteiger partial charge is 0.309 e. The molecule has 1 atom stereocenters. The van der Waals surface area contributed by atoms with E-state index in [0.29, 0.717) is 12.8 Å². The first-order valence-corrected chi connectivity index (χ1v) is 7.65. The number of nitrogens with zero attached hydrogens (tertiary/aromatic N) is 3. The third-order valence-corrected chi connectivity index (χ3v) is 5.40. The fourth-order valence-corrected chi connectivity index (χ4v) is 3.84. The molecule has 1 aromatic heterocycles. The first-order chi connectivity index (χ1) is 10.4. The lowest BCUT2D eigenvalue weighted by Crippen LogP contribution is -2.55. The summed E-state index contributed by atoms with van der Waals surface area (Å²) in [5.74, 6) is -1.49. The zero-order valence-corrected chi connectivity index (χ0v) is 13.0. The molecule has 1 aromatic rings. The Labute approximate surface area is 129 Å².